The zero-order valence-corrected chi connectivity index (χ0v) is 22.4. The van der Waals surface area contributed by atoms with E-state index in [0.717, 1.165) is 21.2 Å². The van der Waals surface area contributed by atoms with Crippen LogP contribution in [0.15, 0.2) is 101 Å². The summed E-state index contributed by atoms with van der Waals surface area (Å²) >= 11 is 1.69. The van der Waals surface area contributed by atoms with Gasteiger partial charge in [0.2, 0.25) is 0 Å². The molecule has 6 rings (SSSR count). The monoisotopic (exact) mass is 548 g/mol. The van der Waals surface area contributed by atoms with E-state index in [1.807, 2.05) is 36.4 Å². The number of nitrogens with one attached hydrogen (secondary N) is 1. The van der Waals surface area contributed by atoms with Crippen molar-refractivity contribution in [1.82, 2.24) is 0 Å². The van der Waals surface area contributed by atoms with Crippen molar-refractivity contribution in [3.8, 4) is 0 Å². The molecule has 1 aliphatic carbocycles. The Morgan fingerprint density at radius 1 is 0.775 bits per heavy atom. The van der Waals surface area contributed by atoms with Gasteiger partial charge in [-0.2, -0.15) is 0 Å². The van der Waals surface area contributed by atoms with Crippen LogP contribution in [0.25, 0.3) is 0 Å². The molecule has 1 atom stereocenters. The third-order valence-electron chi connectivity index (χ3n) is 6.94. The van der Waals surface area contributed by atoms with Gasteiger partial charge in [0.25, 0.3) is 5.91 Å². The highest BCUT2D eigenvalue weighted by Gasteiger charge is 2.30. The number of anilines is 3. The van der Waals surface area contributed by atoms with Gasteiger partial charge in [-0.15, -0.1) is 0 Å². The fourth-order valence-corrected chi connectivity index (χ4v) is 6.05. The van der Waals surface area contributed by atoms with E-state index in [-0.39, 0.29) is 23.6 Å². The van der Waals surface area contributed by atoms with Gasteiger partial charge in [0.15, 0.2) is 17.7 Å². The van der Waals surface area contributed by atoms with E-state index in [1.54, 1.807) is 42.1 Å². The third kappa shape index (κ3) is 4.67. The first-order chi connectivity index (χ1) is 19.4. The van der Waals surface area contributed by atoms with Crippen molar-refractivity contribution in [2.45, 2.75) is 29.2 Å². The number of benzene rings is 4. The molecule has 7 nitrogen and oxygen atoms in total. The lowest BCUT2D eigenvalue weighted by Gasteiger charge is -2.32. The molecule has 2 aliphatic rings. The predicted octanol–water partition coefficient (Wildman–Crippen LogP) is 6.03. The van der Waals surface area contributed by atoms with Gasteiger partial charge in [-0.1, -0.05) is 60.3 Å². The molecule has 1 heterocycles. The van der Waals surface area contributed by atoms with Crippen LogP contribution < -0.4 is 10.2 Å². The van der Waals surface area contributed by atoms with Crippen LogP contribution in [-0.4, -0.2) is 36.1 Å². The first kappa shape index (κ1) is 25.6. The van der Waals surface area contributed by atoms with E-state index in [0.29, 0.717) is 28.9 Å². The summed E-state index contributed by atoms with van der Waals surface area (Å²) in [6.45, 7) is 1.89. The van der Waals surface area contributed by atoms with Crippen LogP contribution in [0.3, 0.4) is 0 Å². The number of carbonyl (C=O) groups is 4. The molecule has 1 amide bonds. The normalized spacial score (nSPS) is 13.9. The van der Waals surface area contributed by atoms with E-state index in [1.165, 1.54) is 19.1 Å². The van der Waals surface area contributed by atoms with Crippen LogP contribution in [0.1, 0.15) is 45.2 Å². The second kappa shape index (κ2) is 10.5. The minimum absolute atomic E-state index is 0.0832. The summed E-state index contributed by atoms with van der Waals surface area (Å²) in [4.78, 5) is 55.7. The van der Waals surface area contributed by atoms with Crippen molar-refractivity contribution in [3.05, 3.63) is 113 Å². The number of ether oxygens (including phenoxy) is 1. The Balaban J connectivity index is 1.10. The van der Waals surface area contributed by atoms with Gasteiger partial charge in [0.05, 0.1) is 17.8 Å². The standard InChI is InChI=1S/C32H24N2O5S/c1-19(32(38)33-20-14-15-23-24(18-20)31(37)22-9-3-2-8-21(22)30(23)36)39-29(35)16-17-34-25-10-4-6-12-27(25)40-28-13-7-5-11-26(28)34/h2-15,18-19H,16-17H2,1H3,(H,33,38)/t19-/m1/s1. The van der Waals surface area contributed by atoms with Crippen LogP contribution >= 0.6 is 11.8 Å². The molecule has 4 aromatic carbocycles. The Labute approximate surface area is 235 Å². The molecule has 0 saturated carbocycles. The molecule has 0 aromatic heterocycles. The molecular weight excluding hydrogens is 524 g/mol. The zero-order valence-electron chi connectivity index (χ0n) is 21.5. The second-order valence-electron chi connectivity index (χ2n) is 9.52. The summed E-state index contributed by atoms with van der Waals surface area (Å²) in [5, 5.41) is 2.70. The van der Waals surface area contributed by atoms with Crippen molar-refractivity contribution in [3.63, 3.8) is 0 Å². The average molecular weight is 549 g/mol. The number of nitrogens with zero attached hydrogens (tertiary/aromatic N) is 1. The molecule has 40 heavy (non-hydrogen) atoms. The lowest BCUT2D eigenvalue weighted by molar-refractivity contribution is -0.152. The topological polar surface area (TPSA) is 92.8 Å². The number of ketones is 2. The first-order valence-corrected chi connectivity index (χ1v) is 13.7. The van der Waals surface area contributed by atoms with Crippen molar-refractivity contribution < 1.29 is 23.9 Å². The molecule has 1 aliphatic heterocycles. The maximum Gasteiger partial charge on any atom is 0.308 e. The molecule has 198 valence electrons. The molecule has 4 aromatic rings. The number of amides is 1. The molecule has 8 heteroatoms. The average Bonchev–Trinajstić information content (AvgIpc) is 2.98. The molecule has 0 unspecified atom stereocenters. The summed E-state index contributed by atoms with van der Waals surface area (Å²) < 4.78 is 5.44. The highest BCUT2D eigenvalue weighted by molar-refractivity contribution is 7.99. The van der Waals surface area contributed by atoms with Crippen LogP contribution in [-0.2, 0) is 14.3 Å². The van der Waals surface area contributed by atoms with Gasteiger partial charge < -0.3 is 15.0 Å². The van der Waals surface area contributed by atoms with Crippen LogP contribution in [0, 0.1) is 0 Å². The number of carbonyl (C=O) groups excluding carboxylic acids is 4. The minimum atomic E-state index is -1.06. The Hall–Kier alpha value is -4.69. The maximum absolute atomic E-state index is 13.0. The Kier molecular flexibility index (Phi) is 6.69. The predicted molar refractivity (Wildman–Crippen MR) is 153 cm³/mol. The molecule has 0 radical (unpaired) electrons. The van der Waals surface area contributed by atoms with E-state index in [4.69, 9.17) is 4.74 Å². The molecule has 0 spiro atoms. The molecular formula is C32H24N2O5S. The summed E-state index contributed by atoms with van der Waals surface area (Å²) in [6, 6.07) is 27.3. The van der Waals surface area contributed by atoms with Gasteiger partial charge in [-0.05, 0) is 49.4 Å². The van der Waals surface area contributed by atoms with Gasteiger partial charge in [-0.3, -0.25) is 19.2 Å². The third-order valence-corrected chi connectivity index (χ3v) is 8.07. The van der Waals surface area contributed by atoms with Gasteiger partial charge in [0, 0.05) is 44.3 Å². The number of hydrogen-bond donors (Lipinski definition) is 1. The van der Waals surface area contributed by atoms with E-state index in [9.17, 15) is 19.2 Å². The Morgan fingerprint density at radius 3 is 1.98 bits per heavy atom. The number of esters is 1. The highest BCUT2D eigenvalue weighted by Crippen LogP contribution is 2.47. The van der Waals surface area contributed by atoms with Crippen LogP contribution in [0.2, 0.25) is 0 Å². The number of rotatable bonds is 6. The fraction of sp³-hybridized carbons (Fsp3) is 0.125. The summed E-state index contributed by atoms with van der Waals surface area (Å²) in [6.07, 6.45) is -0.974. The summed E-state index contributed by atoms with van der Waals surface area (Å²) in [5.41, 5.74) is 3.61. The maximum atomic E-state index is 13.0. The number of fused-ring (bicyclic) bond motifs is 4. The number of hydrogen-bond acceptors (Lipinski definition) is 7. The zero-order chi connectivity index (χ0) is 27.8. The highest BCUT2D eigenvalue weighted by atomic mass is 32.2. The minimum Gasteiger partial charge on any atom is -0.452 e. The van der Waals surface area contributed by atoms with Crippen molar-refractivity contribution in [2.75, 3.05) is 16.8 Å². The largest absolute Gasteiger partial charge is 0.452 e. The van der Waals surface area contributed by atoms with E-state index >= 15 is 0 Å². The smallest absolute Gasteiger partial charge is 0.308 e. The Bertz CT molecular complexity index is 1650. The van der Waals surface area contributed by atoms with Crippen LogP contribution in [0.5, 0.6) is 0 Å². The van der Waals surface area contributed by atoms with Crippen molar-refractivity contribution in [2.24, 2.45) is 0 Å². The fourth-order valence-electron chi connectivity index (χ4n) is 4.96. The summed E-state index contributed by atoms with van der Waals surface area (Å²) in [7, 11) is 0. The SMILES string of the molecule is C[C@@H](OC(=O)CCN1c2ccccc2Sc2ccccc21)C(=O)Nc1ccc2c(c1)C(=O)c1ccccc1C2=O. The van der Waals surface area contributed by atoms with Crippen molar-refractivity contribution >= 4 is 52.3 Å². The summed E-state index contributed by atoms with van der Waals surface area (Å²) in [5.74, 6) is -1.55. The van der Waals surface area contributed by atoms with E-state index < -0.39 is 18.0 Å². The van der Waals surface area contributed by atoms with E-state index in [2.05, 4.69) is 22.3 Å². The first-order valence-electron chi connectivity index (χ1n) is 12.9. The lowest BCUT2D eigenvalue weighted by atomic mass is 9.84. The van der Waals surface area contributed by atoms with Gasteiger partial charge in [0.1, 0.15) is 0 Å². The van der Waals surface area contributed by atoms with Crippen molar-refractivity contribution in [1.29, 1.82) is 0 Å². The quantitative estimate of drug-likeness (QED) is 0.259. The van der Waals surface area contributed by atoms with Crippen LogP contribution in [0.4, 0.5) is 17.1 Å². The second-order valence-corrected chi connectivity index (χ2v) is 10.6. The lowest BCUT2D eigenvalue weighted by Crippen LogP contribution is -2.31. The number of para-hydroxylation sites is 2. The molecule has 1 N–H and O–H groups in total. The molecule has 0 bridgehead atoms. The van der Waals surface area contributed by atoms with Gasteiger partial charge >= 0.3 is 5.97 Å². The Morgan fingerprint density at radius 2 is 1.32 bits per heavy atom. The molecule has 0 saturated heterocycles. The molecule has 0 fully saturated rings. The van der Waals surface area contributed by atoms with Gasteiger partial charge in [-0.25, -0.2) is 0 Å².